The molecular weight excluding hydrogens is 501 g/mol. The normalized spacial score (nSPS) is 14.0. The first-order valence-corrected chi connectivity index (χ1v) is 12.7. The van der Waals surface area contributed by atoms with Crippen molar-refractivity contribution in [2.75, 3.05) is 45.3 Å². The number of carbonyl (C=O) groups excluding carboxylic acids is 1. The monoisotopic (exact) mass is 531 g/mol. The number of anilines is 2. The number of nitrogens with zero attached hydrogens (tertiary/aromatic N) is 3. The highest BCUT2D eigenvalue weighted by atomic mass is 35.5. The molecule has 0 spiro atoms. The summed E-state index contributed by atoms with van der Waals surface area (Å²) in [6, 6.07) is 7.98. The van der Waals surface area contributed by atoms with Gasteiger partial charge in [0, 0.05) is 63.3 Å². The molecule has 2 N–H and O–H groups in total. The number of rotatable bonds is 10. The van der Waals surface area contributed by atoms with Gasteiger partial charge in [-0.15, -0.1) is 0 Å². The lowest BCUT2D eigenvalue weighted by atomic mass is 10.1. The number of urea groups is 1. The fourth-order valence-electron chi connectivity index (χ4n) is 4.11. The van der Waals surface area contributed by atoms with Gasteiger partial charge in [-0.05, 0) is 37.6 Å². The van der Waals surface area contributed by atoms with Crippen LogP contribution in [0.3, 0.4) is 0 Å². The van der Waals surface area contributed by atoms with E-state index in [1.807, 2.05) is 19.1 Å². The van der Waals surface area contributed by atoms with Gasteiger partial charge in [0.25, 0.3) is 0 Å². The Bertz CT molecular complexity index is 1220. The van der Waals surface area contributed by atoms with E-state index < -0.39 is 5.82 Å². The molecule has 2 aromatic carbocycles. The van der Waals surface area contributed by atoms with Gasteiger partial charge in [-0.1, -0.05) is 11.6 Å². The van der Waals surface area contributed by atoms with Gasteiger partial charge in [-0.2, -0.15) is 0 Å². The number of carbonyl (C=O) groups is 1. The van der Waals surface area contributed by atoms with Gasteiger partial charge in [0.05, 0.1) is 17.1 Å². The standard InChI is InChI=1S/C26H31ClFN5O4/c1-3-36-23-15-22-19(25(31-16-30-22)32-17-5-6-21(28)20(27)13-17)14-24(23)37-18-7-10-33(11-8-18)26(34)29-9-4-12-35-2/h5-6,13-16,18H,3-4,7-12H2,1-2H3,(H,29,34)(H,30,31,32). The third-order valence-corrected chi connectivity index (χ3v) is 6.30. The van der Waals surface area contributed by atoms with Crippen LogP contribution in [0.2, 0.25) is 5.02 Å². The summed E-state index contributed by atoms with van der Waals surface area (Å²) in [4.78, 5) is 23.0. The fourth-order valence-corrected chi connectivity index (χ4v) is 4.30. The molecule has 0 unspecified atom stereocenters. The minimum absolute atomic E-state index is 0.0148. The molecule has 9 nitrogen and oxygen atoms in total. The van der Waals surface area contributed by atoms with Crippen LogP contribution in [0.15, 0.2) is 36.7 Å². The third-order valence-electron chi connectivity index (χ3n) is 6.01. The van der Waals surface area contributed by atoms with Crippen molar-refractivity contribution >= 4 is 40.0 Å². The second kappa shape index (κ2) is 12.7. The molecule has 1 aliphatic rings. The molecule has 37 heavy (non-hydrogen) atoms. The van der Waals surface area contributed by atoms with Gasteiger partial charge in [0.15, 0.2) is 11.5 Å². The number of amides is 2. The molecule has 1 fully saturated rings. The number of likely N-dealkylation sites (tertiary alicyclic amines) is 1. The molecular formula is C26H31ClFN5O4. The first-order chi connectivity index (χ1) is 18.0. The first-order valence-electron chi connectivity index (χ1n) is 12.3. The highest BCUT2D eigenvalue weighted by Crippen LogP contribution is 2.36. The van der Waals surface area contributed by atoms with Crippen molar-refractivity contribution in [3.8, 4) is 11.5 Å². The highest BCUT2D eigenvalue weighted by Gasteiger charge is 2.25. The highest BCUT2D eigenvalue weighted by molar-refractivity contribution is 6.31. The summed E-state index contributed by atoms with van der Waals surface area (Å²) in [5.74, 6) is 1.20. The predicted molar refractivity (Wildman–Crippen MR) is 141 cm³/mol. The number of hydrogen-bond acceptors (Lipinski definition) is 7. The Hall–Kier alpha value is -3.37. The summed E-state index contributed by atoms with van der Waals surface area (Å²) < 4.78 is 30.8. The fraction of sp³-hybridized carbons (Fsp3) is 0.423. The van der Waals surface area contributed by atoms with E-state index >= 15 is 0 Å². The van der Waals surface area contributed by atoms with Gasteiger partial charge in [0.2, 0.25) is 0 Å². The van der Waals surface area contributed by atoms with E-state index in [2.05, 4.69) is 20.6 Å². The molecule has 0 atom stereocenters. The van der Waals surface area contributed by atoms with Gasteiger partial charge in [0.1, 0.15) is 24.1 Å². The number of benzene rings is 2. The van der Waals surface area contributed by atoms with Crippen molar-refractivity contribution in [2.45, 2.75) is 32.3 Å². The summed E-state index contributed by atoms with van der Waals surface area (Å²) in [6.45, 7) is 4.76. The molecule has 1 saturated heterocycles. The third kappa shape index (κ3) is 6.90. The number of fused-ring (bicyclic) bond motifs is 1. The van der Waals surface area contributed by atoms with E-state index in [0.29, 0.717) is 79.6 Å². The molecule has 198 valence electrons. The lowest BCUT2D eigenvalue weighted by Crippen LogP contribution is -2.46. The largest absolute Gasteiger partial charge is 0.490 e. The minimum atomic E-state index is -0.494. The summed E-state index contributed by atoms with van der Waals surface area (Å²) in [5, 5.41) is 6.84. The van der Waals surface area contributed by atoms with Gasteiger partial charge >= 0.3 is 6.03 Å². The van der Waals surface area contributed by atoms with Crippen LogP contribution < -0.4 is 20.1 Å². The van der Waals surface area contributed by atoms with Crippen LogP contribution in [0.4, 0.5) is 20.7 Å². The number of halogens is 2. The van der Waals surface area contributed by atoms with E-state index in [0.717, 1.165) is 6.42 Å². The zero-order valence-corrected chi connectivity index (χ0v) is 21.7. The van der Waals surface area contributed by atoms with Crippen LogP contribution in [-0.4, -0.2) is 67.0 Å². The SMILES string of the molecule is CCOc1cc2ncnc(Nc3ccc(F)c(Cl)c3)c2cc1OC1CCN(C(=O)NCCCOC)CC1. The maximum Gasteiger partial charge on any atom is 0.317 e. The number of nitrogens with one attached hydrogen (secondary N) is 2. The van der Waals surface area contributed by atoms with Crippen LogP contribution in [0, 0.1) is 5.82 Å². The molecule has 0 radical (unpaired) electrons. The quantitative estimate of drug-likeness (QED) is 0.349. The van der Waals surface area contributed by atoms with Crippen LogP contribution in [0.5, 0.6) is 11.5 Å². The van der Waals surface area contributed by atoms with Crippen LogP contribution in [-0.2, 0) is 4.74 Å². The van der Waals surface area contributed by atoms with Crippen molar-refractivity contribution in [3.05, 3.63) is 47.5 Å². The van der Waals surface area contributed by atoms with Crippen LogP contribution in [0.25, 0.3) is 10.9 Å². The first kappa shape index (κ1) is 26.7. The lowest BCUT2D eigenvalue weighted by Gasteiger charge is -2.32. The average molecular weight is 532 g/mol. The van der Waals surface area contributed by atoms with Crippen molar-refractivity contribution < 1.29 is 23.4 Å². The smallest absolute Gasteiger partial charge is 0.317 e. The second-order valence-corrected chi connectivity index (χ2v) is 9.02. The number of aromatic nitrogens is 2. The van der Waals surface area contributed by atoms with Gasteiger partial charge < -0.3 is 29.7 Å². The number of ether oxygens (including phenoxy) is 3. The summed E-state index contributed by atoms with van der Waals surface area (Å²) >= 11 is 5.94. The Balaban J connectivity index is 1.48. The van der Waals surface area contributed by atoms with Crippen molar-refractivity contribution in [1.82, 2.24) is 20.2 Å². The van der Waals surface area contributed by atoms with E-state index in [-0.39, 0.29) is 17.2 Å². The van der Waals surface area contributed by atoms with Gasteiger partial charge in [-0.25, -0.2) is 19.2 Å². The van der Waals surface area contributed by atoms with E-state index in [1.165, 1.54) is 18.5 Å². The van der Waals surface area contributed by atoms with E-state index in [4.69, 9.17) is 25.8 Å². The Kier molecular flexibility index (Phi) is 9.19. The minimum Gasteiger partial charge on any atom is -0.490 e. The molecule has 1 aliphatic heterocycles. The van der Waals surface area contributed by atoms with Crippen molar-refractivity contribution in [3.63, 3.8) is 0 Å². The molecule has 0 saturated carbocycles. The summed E-state index contributed by atoms with van der Waals surface area (Å²) in [6.07, 6.45) is 3.53. The maximum absolute atomic E-state index is 13.6. The molecule has 1 aromatic heterocycles. The number of piperidine rings is 1. The summed E-state index contributed by atoms with van der Waals surface area (Å²) in [7, 11) is 1.64. The Morgan fingerprint density at radius 2 is 2.00 bits per heavy atom. The van der Waals surface area contributed by atoms with E-state index in [9.17, 15) is 9.18 Å². The average Bonchev–Trinajstić information content (AvgIpc) is 2.90. The zero-order chi connectivity index (χ0) is 26.2. The Morgan fingerprint density at radius 1 is 1.19 bits per heavy atom. The molecule has 0 aliphatic carbocycles. The van der Waals surface area contributed by atoms with E-state index in [1.54, 1.807) is 18.1 Å². The lowest BCUT2D eigenvalue weighted by molar-refractivity contribution is 0.107. The maximum atomic E-state index is 13.6. The van der Waals surface area contributed by atoms with Gasteiger partial charge in [-0.3, -0.25) is 0 Å². The predicted octanol–water partition coefficient (Wildman–Crippen LogP) is 5.15. The van der Waals surface area contributed by atoms with Crippen molar-refractivity contribution in [2.24, 2.45) is 0 Å². The Labute approximate surface area is 220 Å². The topological polar surface area (TPSA) is 97.8 Å². The van der Waals surface area contributed by atoms with Crippen LogP contribution >= 0.6 is 11.6 Å². The number of methoxy groups -OCH3 is 1. The molecule has 2 amide bonds. The number of hydrogen-bond donors (Lipinski definition) is 2. The van der Waals surface area contributed by atoms with Crippen molar-refractivity contribution in [1.29, 1.82) is 0 Å². The second-order valence-electron chi connectivity index (χ2n) is 8.61. The molecule has 3 aromatic rings. The Morgan fingerprint density at radius 3 is 2.73 bits per heavy atom. The molecule has 0 bridgehead atoms. The molecule has 11 heteroatoms. The molecule has 2 heterocycles. The van der Waals surface area contributed by atoms with Crippen LogP contribution in [0.1, 0.15) is 26.2 Å². The summed E-state index contributed by atoms with van der Waals surface area (Å²) in [5.41, 5.74) is 1.26. The molecule has 4 rings (SSSR count). The zero-order valence-electron chi connectivity index (χ0n) is 20.9.